The first-order valence-corrected chi connectivity index (χ1v) is 10.5. The van der Waals surface area contributed by atoms with E-state index in [1.54, 1.807) is 65.8 Å². The Morgan fingerprint density at radius 3 is 2.25 bits per heavy atom. The Kier molecular flexibility index (Phi) is 8.45. The lowest BCUT2D eigenvalue weighted by atomic mass is 10.1. The molecule has 178 valence electrons. The molecule has 1 aliphatic rings. The van der Waals surface area contributed by atoms with Gasteiger partial charge in [0.05, 0.1) is 19.1 Å². The molecule has 0 fully saturated rings. The number of amides is 2. The van der Waals surface area contributed by atoms with Crippen molar-refractivity contribution >= 4 is 18.0 Å². The molecule has 10 heteroatoms. The van der Waals surface area contributed by atoms with Crippen LogP contribution < -0.4 is 16.0 Å². The van der Waals surface area contributed by atoms with Crippen LogP contribution in [0.15, 0.2) is 29.3 Å². The second kappa shape index (κ2) is 10.6. The van der Waals surface area contributed by atoms with Crippen LogP contribution in [0.3, 0.4) is 0 Å². The van der Waals surface area contributed by atoms with Crippen LogP contribution in [0.2, 0.25) is 0 Å². The van der Waals surface area contributed by atoms with Crippen molar-refractivity contribution in [2.45, 2.75) is 58.8 Å². The van der Waals surface area contributed by atoms with Crippen LogP contribution in [0.4, 0.5) is 9.59 Å². The van der Waals surface area contributed by atoms with E-state index in [0.29, 0.717) is 30.3 Å². The molecule has 0 saturated heterocycles. The van der Waals surface area contributed by atoms with Crippen LogP contribution in [-0.2, 0) is 14.3 Å². The van der Waals surface area contributed by atoms with E-state index < -0.39 is 29.4 Å². The van der Waals surface area contributed by atoms with Gasteiger partial charge in [0.1, 0.15) is 36.0 Å². The lowest BCUT2D eigenvalue weighted by molar-refractivity contribution is 0.0324. The minimum absolute atomic E-state index is 0.194. The first-order valence-electron chi connectivity index (χ1n) is 10.5. The molecule has 1 aromatic rings. The molecule has 1 atom stereocenters. The van der Waals surface area contributed by atoms with Crippen molar-refractivity contribution in [1.29, 1.82) is 0 Å². The molecular weight excluding hydrogens is 416 g/mol. The van der Waals surface area contributed by atoms with E-state index in [1.165, 1.54) is 4.90 Å². The van der Waals surface area contributed by atoms with Crippen molar-refractivity contribution in [2.24, 2.45) is 10.9 Å². The van der Waals surface area contributed by atoms with Gasteiger partial charge >= 0.3 is 12.2 Å². The fourth-order valence-corrected chi connectivity index (χ4v) is 2.85. The Morgan fingerprint density at radius 2 is 1.69 bits per heavy atom. The second-order valence-corrected chi connectivity index (χ2v) is 9.34. The van der Waals surface area contributed by atoms with Gasteiger partial charge in [-0.15, -0.1) is 0 Å². The molecule has 0 bridgehead atoms. The van der Waals surface area contributed by atoms with Crippen molar-refractivity contribution in [3.63, 3.8) is 0 Å². The largest absolute Gasteiger partial charge is 0.491 e. The van der Waals surface area contributed by atoms with E-state index in [0.717, 1.165) is 0 Å². The lowest BCUT2D eigenvalue weighted by Gasteiger charge is -2.34. The van der Waals surface area contributed by atoms with Crippen LogP contribution in [0.5, 0.6) is 5.75 Å². The van der Waals surface area contributed by atoms with Crippen molar-refractivity contribution in [1.82, 2.24) is 10.2 Å². The van der Waals surface area contributed by atoms with Gasteiger partial charge in [-0.25, -0.2) is 15.5 Å². The Bertz CT molecular complexity index is 811. The van der Waals surface area contributed by atoms with Gasteiger partial charge in [0.2, 0.25) is 0 Å². The molecule has 0 aliphatic carbocycles. The average Bonchev–Trinajstić information content (AvgIpc) is 2.66. The number of hydrogen-bond acceptors (Lipinski definition) is 8. The predicted molar refractivity (Wildman–Crippen MR) is 120 cm³/mol. The number of alkyl carbamates (subject to hydrolysis) is 1. The van der Waals surface area contributed by atoms with Crippen LogP contribution in [0.1, 0.15) is 47.1 Å². The summed E-state index contributed by atoms with van der Waals surface area (Å²) in [5.74, 6) is 6.09. The zero-order valence-corrected chi connectivity index (χ0v) is 19.6. The molecule has 0 radical (unpaired) electrons. The summed E-state index contributed by atoms with van der Waals surface area (Å²) in [4.78, 5) is 35.6. The summed E-state index contributed by atoms with van der Waals surface area (Å²) in [6, 6.07) is 6.73. The van der Waals surface area contributed by atoms with Crippen molar-refractivity contribution in [3.8, 4) is 5.75 Å². The molecule has 0 saturated carbocycles. The lowest BCUT2D eigenvalue weighted by Crippen LogP contribution is -2.54. The number of nitrogens with two attached hydrogens (primary N) is 1. The normalized spacial score (nSPS) is 16.8. The maximum Gasteiger partial charge on any atom is 0.416 e. The van der Waals surface area contributed by atoms with Crippen LogP contribution in [0, 0.1) is 0 Å². The van der Waals surface area contributed by atoms with E-state index in [9.17, 15) is 9.59 Å². The number of carbonyl (C=O) groups excluding carboxylic acids is 2. The molecule has 1 aromatic carbocycles. The molecule has 1 unspecified atom stereocenters. The maximum atomic E-state index is 12.9. The fourth-order valence-electron chi connectivity index (χ4n) is 2.85. The highest BCUT2D eigenvalue weighted by Crippen LogP contribution is 2.20. The van der Waals surface area contributed by atoms with Gasteiger partial charge in [-0.05, 0) is 65.8 Å². The van der Waals surface area contributed by atoms with Gasteiger partial charge < -0.3 is 24.4 Å². The molecule has 1 heterocycles. The number of amidine groups is 1. The van der Waals surface area contributed by atoms with Crippen LogP contribution in [0.25, 0.3) is 0 Å². The minimum Gasteiger partial charge on any atom is -0.491 e. The molecule has 2 rings (SSSR count). The van der Waals surface area contributed by atoms with Gasteiger partial charge in [-0.1, -0.05) is 0 Å². The Labute approximate surface area is 189 Å². The number of aliphatic imine (C=N–C) groups is 1. The van der Waals surface area contributed by atoms with Gasteiger partial charge in [0.15, 0.2) is 0 Å². The highest BCUT2D eigenvalue weighted by molar-refractivity contribution is 6.07. The molecule has 10 nitrogen and oxygen atoms in total. The number of rotatable bonds is 6. The topological polar surface area (TPSA) is 125 Å². The molecule has 2 amide bonds. The molecular formula is C22H34N4O6. The van der Waals surface area contributed by atoms with Crippen molar-refractivity contribution < 1.29 is 28.6 Å². The fraction of sp³-hybridized carbons (Fsp3) is 0.591. The molecule has 1 aliphatic heterocycles. The minimum atomic E-state index is -0.684. The van der Waals surface area contributed by atoms with Crippen LogP contribution >= 0.6 is 0 Å². The number of carbonyl (C=O) groups is 2. The monoisotopic (exact) mass is 450 g/mol. The van der Waals surface area contributed by atoms with E-state index in [-0.39, 0.29) is 13.2 Å². The third-order valence-electron chi connectivity index (χ3n) is 4.04. The number of nitrogens with zero attached hydrogens (tertiary/aromatic N) is 2. The Hall–Kier alpha value is -2.85. The van der Waals surface area contributed by atoms with Gasteiger partial charge in [-0.2, -0.15) is 0 Å². The quantitative estimate of drug-likeness (QED) is 0.504. The highest BCUT2D eigenvalue weighted by Gasteiger charge is 2.33. The highest BCUT2D eigenvalue weighted by atomic mass is 16.6. The van der Waals surface area contributed by atoms with Gasteiger partial charge in [0.25, 0.3) is 0 Å². The third kappa shape index (κ3) is 8.35. The summed E-state index contributed by atoms with van der Waals surface area (Å²) in [7, 11) is 0. The standard InChI is InChI=1S/C22H34N4O6/c1-21(2,3)31-19(27)25-16-13-24-18(26(14-16)20(28)32-22(4,5)6)15-7-9-17(10-8-15)29-11-12-30-23/h7-10,16H,11-14,23H2,1-6H3,(H,25,27). The summed E-state index contributed by atoms with van der Waals surface area (Å²) in [6.07, 6.45) is -1.11. The summed E-state index contributed by atoms with van der Waals surface area (Å²) < 4.78 is 16.4. The first-order chi connectivity index (χ1) is 14.9. The predicted octanol–water partition coefficient (Wildman–Crippen LogP) is 2.85. The zero-order chi connectivity index (χ0) is 23.9. The van der Waals surface area contributed by atoms with E-state index in [4.69, 9.17) is 20.1 Å². The smallest absolute Gasteiger partial charge is 0.416 e. The Morgan fingerprint density at radius 1 is 1.06 bits per heavy atom. The van der Waals surface area contributed by atoms with Gasteiger partial charge in [-0.3, -0.25) is 9.89 Å². The van der Waals surface area contributed by atoms with Crippen molar-refractivity contribution in [2.75, 3.05) is 26.3 Å². The second-order valence-electron chi connectivity index (χ2n) is 9.34. The molecule has 0 aromatic heterocycles. The molecule has 3 N–H and O–H groups in total. The first kappa shape index (κ1) is 25.4. The number of hydrogen-bond donors (Lipinski definition) is 2. The molecule has 32 heavy (non-hydrogen) atoms. The number of ether oxygens (including phenoxy) is 3. The van der Waals surface area contributed by atoms with Crippen molar-refractivity contribution in [3.05, 3.63) is 29.8 Å². The van der Waals surface area contributed by atoms with E-state index in [2.05, 4.69) is 15.1 Å². The summed E-state index contributed by atoms with van der Waals surface area (Å²) >= 11 is 0. The number of nitrogens with one attached hydrogen (secondary N) is 1. The maximum absolute atomic E-state index is 12.9. The zero-order valence-electron chi connectivity index (χ0n) is 19.6. The summed E-state index contributed by atoms with van der Waals surface area (Å²) in [5.41, 5.74) is -0.594. The SMILES string of the molecule is CC(C)(C)OC(=O)NC1CN=C(c2ccc(OCCON)cc2)N(C(=O)OC(C)(C)C)C1. The van der Waals surface area contributed by atoms with Gasteiger partial charge in [0, 0.05) is 5.56 Å². The summed E-state index contributed by atoms with van der Waals surface area (Å²) in [5, 5.41) is 2.77. The van der Waals surface area contributed by atoms with E-state index >= 15 is 0 Å². The molecule has 0 spiro atoms. The van der Waals surface area contributed by atoms with E-state index in [1.807, 2.05) is 0 Å². The Balaban J connectivity index is 2.19. The number of benzene rings is 1. The van der Waals surface area contributed by atoms with Crippen LogP contribution in [-0.4, -0.2) is 66.5 Å². The summed E-state index contributed by atoms with van der Waals surface area (Å²) in [6.45, 7) is 11.8. The third-order valence-corrected chi connectivity index (χ3v) is 4.04. The average molecular weight is 451 g/mol.